The number of imide groups is 1. The van der Waals surface area contributed by atoms with Crippen LogP contribution in [0.3, 0.4) is 0 Å². The van der Waals surface area contributed by atoms with Gasteiger partial charge in [-0.1, -0.05) is 25.0 Å². The second-order valence-electron chi connectivity index (χ2n) is 17.3. The molecule has 1 atom stereocenters. The number of rotatable bonds is 13. The van der Waals surface area contributed by atoms with Crippen LogP contribution in [-0.2, 0) is 34.4 Å². The summed E-state index contributed by atoms with van der Waals surface area (Å²) in [6, 6.07) is 9.80. The molecule has 0 radical (unpaired) electrons. The summed E-state index contributed by atoms with van der Waals surface area (Å²) in [5.74, 6) is -0.487. The van der Waals surface area contributed by atoms with Crippen molar-refractivity contribution >= 4 is 46.3 Å². The monoisotopic (exact) mass is 881 g/mol. The van der Waals surface area contributed by atoms with Gasteiger partial charge < -0.3 is 25.3 Å². The molecule has 1 unspecified atom stereocenters. The van der Waals surface area contributed by atoms with Gasteiger partial charge in [0.25, 0.3) is 6.43 Å². The van der Waals surface area contributed by atoms with Gasteiger partial charge in [-0.05, 0) is 80.3 Å². The summed E-state index contributed by atoms with van der Waals surface area (Å²) in [7, 11) is 3.32. The number of hydrogen-bond acceptors (Lipinski definition) is 8. The lowest BCUT2D eigenvalue weighted by molar-refractivity contribution is -0.136. The number of alkyl halides is 2. The lowest BCUT2D eigenvalue weighted by Crippen LogP contribution is -2.50. The number of imidazole rings is 1. The Balaban J connectivity index is 0.861. The Kier molecular flexibility index (Phi) is 13.3. The number of nitrogens with one attached hydrogen (secondary N) is 4. The number of fused-ring (bicyclic) bond motifs is 2. The third kappa shape index (κ3) is 9.17. The van der Waals surface area contributed by atoms with Gasteiger partial charge in [-0.2, -0.15) is 5.10 Å². The zero-order valence-electron chi connectivity index (χ0n) is 36.5. The lowest BCUT2D eigenvalue weighted by Gasteiger charge is -2.39. The van der Waals surface area contributed by atoms with E-state index in [1.54, 1.807) is 40.6 Å². The highest BCUT2D eigenvalue weighted by Gasteiger charge is 2.34. The Bertz CT molecular complexity index is 2530. The van der Waals surface area contributed by atoms with Gasteiger partial charge in [-0.15, -0.1) is 0 Å². The van der Waals surface area contributed by atoms with E-state index in [1.807, 2.05) is 40.1 Å². The van der Waals surface area contributed by atoms with E-state index in [-0.39, 0.29) is 60.4 Å². The SMILES string of the molecule is CNC(=O)N1CCC(NC2CCN(C(=O)CCCCCCn3c(=O)n(C4CCC(=O)NC4=O)c4ccccc43)CC2)=C(C(=N)N2CCCc3cc(-c4cnn(C)c4)c(C(F)F)cc32)C1. The van der Waals surface area contributed by atoms with Crippen LogP contribution in [0.5, 0.6) is 0 Å². The van der Waals surface area contributed by atoms with Crippen molar-refractivity contribution in [2.45, 2.75) is 102 Å². The number of aryl methyl sites for hydroxylation is 3. The fourth-order valence-electron chi connectivity index (χ4n) is 9.76. The van der Waals surface area contributed by atoms with Gasteiger partial charge >= 0.3 is 11.7 Å². The Hall–Kier alpha value is -6.33. The molecule has 2 aromatic heterocycles. The molecule has 4 aliphatic heterocycles. The number of para-hydroxylation sites is 2. The van der Waals surface area contributed by atoms with Crippen molar-refractivity contribution in [3.63, 3.8) is 0 Å². The Morgan fingerprint density at radius 1 is 0.938 bits per heavy atom. The van der Waals surface area contributed by atoms with Gasteiger partial charge in [0, 0.05) is 106 Å². The average Bonchev–Trinajstić information content (AvgIpc) is 3.86. The number of amides is 5. The number of carbonyl (C=O) groups is 4. The molecule has 340 valence electrons. The molecule has 0 aliphatic carbocycles. The molecule has 4 aromatic rings. The zero-order valence-corrected chi connectivity index (χ0v) is 36.5. The topological polar surface area (TPSA) is 183 Å². The minimum Gasteiger partial charge on any atom is -0.385 e. The molecule has 0 bridgehead atoms. The van der Waals surface area contributed by atoms with Crippen LogP contribution in [0.1, 0.15) is 94.2 Å². The highest BCUT2D eigenvalue weighted by atomic mass is 19.3. The number of unbranched alkanes of at least 4 members (excludes halogenated alkanes) is 3. The van der Waals surface area contributed by atoms with Crippen molar-refractivity contribution in [2.75, 3.05) is 44.7 Å². The molecular weight excluding hydrogens is 825 g/mol. The predicted molar refractivity (Wildman–Crippen MR) is 238 cm³/mol. The quantitative estimate of drug-likeness (QED) is 0.0598. The van der Waals surface area contributed by atoms with E-state index in [0.717, 1.165) is 61.7 Å². The number of likely N-dealkylation sites (tertiary alicyclic amines) is 1. The van der Waals surface area contributed by atoms with Crippen molar-refractivity contribution < 1.29 is 28.0 Å². The normalized spacial score (nSPS) is 18.5. The summed E-state index contributed by atoms with van der Waals surface area (Å²) in [6.07, 6.45) is 7.97. The third-order valence-corrected chi connectivity index (χ3v) is 13.2. The van der Waals surface area contributed by atoms with Gasteiger partial charge in [0.2, 0.25) is 17.7 Å². The molecule has 2 fully saturated rings. The van der Waals surface area contributed by atoms with Crippen LogP contribution < -0.4 is 26.5 Å². The van der Waals surface area contributed by atoms with Crippen LogP contribution >= 0.6 is 0 Å². The molecule has 0 saturated carbocycles. The van der Waals surface area contributed by atoms with Crippen LogP contribution in [0.15, 0.2) is 64.9 Å². The molecule has 2 saturated heterocycles. The molecule has 4 N–H and O–H groups in total. The number of nitrogens with zero attached hydrogens (tertiary/aromatic N) is 7. The van der Waals surface area contributed by atoms with E-state index in [0.29, 0.717) is 79.9 Å². The number of hydrogen-bond donors (Lipinski definition) is 4. The molecule has 18 heteroatoms. The minimum absolute atomic E-state index is 0.0545. The standard InChI is InChI=1S/C46H57F2N11O5/c1-50-45(63)56-23-18-35(34(28-56)43(49)57-20-9-10-29-24-32(30-26-51-54(2)27-30)33(42(47)48)25-39(29)57)52-31-16-21-55(22-17-31)41(61)13-5-3-4-8-19-58-36-11-6-7-12-37(36)59(46(58)64)38-14-15-40(60)53-44(38)62/h6-7,11-12,24-27,31,38,42,49,52H,3-5,8-10,13-23,28H2,1-2H3,(H,50,63)(H,53,60,62). The molecule has 5 amide bonds. The lowest BCUT2D eigenvalue weighted by atomic mass is 9.92. The van der Waals surface area contributed by atoms with Crippen LogP contribution in [0.25, 0.3) is 22.2 Å². The molecule has 4 aliphatic rings. The van der Waals surface area contributed by atoms with E-state index in [9.17, 15) is 38.2 Å². The zero-order chi connectivity index (χ0) is 45.1. The number of urea groups is 1. The molecule has 8 rings (SSSR count). The fourth-order valence-corrected chi connectivity index (χ4v) is 9.76. The van der Waals surface area contributed by atoms with E-state index in [2.05, 4.69) is 21.0 Å². The first-order valence-electron chi connectivity index (χ1n) is 22.5. The van der Waals surface area contributed by atoms with Gasteiger partial charge in [-0.25, -0.2) is 18.4 Å². The first-order valence-corrected chi connectivity index (χ1v) is 22.5. The van der Waals surface area contributed by atoms with E-state index < -0.39 is 18.4 Å². The Labute approximate surface area is 370 Å². The van der Waals surface area contributed by atoms with Crippen molar-refractivity contribution in [3.05, 3.63) is 81.7 Å². The maximum absolute atomic E-state index is 14.6. The molecular formula is C46H57F2N11O5. The molecule has 16 nitrogen and oxygen atoms in total. The summed E-state index contributed by atoms with van der Waals surface area (Å²) in [5.41, 5.74) is 5.08. The van der Waals surface area contributed by atoms with Crippen molar-refractivity contribution in [1.29, 1.82) is 5.41 Å². The summed E-state index contributed by atoms with van der Waals surface area (Å²) in [5, 5.41) is 22.5. The van der Waals surface area contributed by atoms with Crippen LogP contribution in [-0.4, -0.2) is 104 Å². The van der Waals surface area contributed by atoms with Gasteiger partial charge in [0.05, 0.1) is 23.8 Å². The second kappa shape index (κ2) is 19.2. The largest absolute Gasteiger partial charge is 0.385 e. The Morgan fingerprint density at radius 2 is 1.70 bits per heavy atom. The number of benzene rings is 2. The first-order chi connectivity index (χ1) is 30.9. The highest BCUT2D eigenvalue weighted by Crippen LogP contribution is 2.40. The van der Waals surface area contributed by atoms with Crippen molar-refractivity contribution in [3.8, 4) is 11.1 Å². The number of piperidine rings is 2. The number of halogens is 2. The van der Waals surface area contributed by atoms with Gasteiger partial charge in [-0.3, -0.25) is 38.9 Å². The van der Waals surface area contributed by atoms with Crippen LogP contribution in [0.2, 0.25) is 0 Å². The molecule has 0 spiro atoms. The summed E-state index contributed by atoms with van der Waals surface area (Å²) in [6.45, 7) is 2.80. The number of amidine groups is 1. The van der Waals surface area contributed by atoms with Crippen LogP contribution in [0.4, 0.5) is 19.3 Å². The van der Waals surface area contributed by atoms with Crippen molar-refractivity contribution in [1.82, 2.24) is 44.7 Å². The first kappa shape index (κ1) is 44.3. The summed E-state index contributed by atoms with van der Waals surface area (Å²) < 4.78 is 34.0. The average molecular weight is 882 g/mol. The van der Waals surface area contributed by atoms with Gasteiger partial charge in [0.1, 0.15) is 11.9 Å². The highest BCUT2D eigenvalue weighted by molar-refractivity contribution is 6.09. The minimum atomic E-state index is -2.73. The summed E-state index contributed by atoms with van der Waals surface area (Å²) >= 11 is 0. The van der Waals surface area contributed by atoms with E-state index >= 15 is 0 Å². The smallest absolute Gasteiger partial charge is 0.329 e. The number of carbonyl (C=O) groups excluding carboxylic acids is 4. The third-order valence-electron chi connectivity index (χ3n) is 13.2. The maximum Gasteiger partial charge on any atom is 0.329 e. The summed E-state index contributed by atoms with van der Waals surface area (Å²) in [4.78, 5) is 69.5. The molecule has 64 heavy (non-hydrogen) atoms. The second-order valence-corrected chi connectivity index (χ2v) is 17.3. The van der Waals surface area contributed by atoms with Crippen molar-refractivity contribution in [2.24, 2.45) is 7.05 Å². The van der Waals surface area contributed by atoms with Gasteiger partial charge in [0.15, 0.2) is 0 Å². The van der Waals surface area contributed by atoms with E-state index in [4.69, 9.17) is 0 Å². The Morgan fingerprint density at radius 3 is 2.42 bits per heavy atom. The van der Waals surface area contributed by atoms with E-state index in [1.165, 1.54) is 10.6 Å². The molecule has 2 aromatic carbocycles. The fraction of sp³-hybridized carbons (Fsp3) is 0.500. The predicted octanol–water partition coefficient (Wildman–Crippen LogP) is 5.38. The number of anilines is 1. The van der Waals surface area contributed by atoms with Crippen LogP contribution in [0, 0.1) is 5.41 Å². The molecule has 6 heterocycles. The number of aromatic nitrogens is 4. The maximum atomic E-state index is 14.6.